The molecule has 1 aliphatic carbocycles. The second kappa shape index (κ2) is 3.14. The summed E-state index contributed by atoms with van der Waals surface area (Å²) >= 11 is 5.07. The first-order valence-corrected chi connectivity index (χ1v) is 5.03. The highest BCUT2D eigenvalue weighted by atomic mass is 32.1. The molecule has 1 fully saturated rings. The molecule has 1 aromatic rings. The van der Waals surface area contributed by atoms with Crippen molar-refractivity contribution in [2.75, 3.05) is 11.4 Å². The van der Waals surface area contributed by atoms with Crippen LogP contribution < -0.4 is 4.90 Å². The maximum atomic E-state index is 5.07. The number of nitrogens with zero attached hydrogens (tertiary/aromatic N) is 3. The fraction of sp³-hybridized carbons (Fsp3) is 0.750. The molecular formula is C8H14N4S. The SMILES string of the molecule is CCN(c1n[nH]c(=S)n1C)C1CC1. The maximum absolute atomic E-state index is 5.07. The minimum absolute atomic E-state index is 0.689. The van der Waals surface area contributed by atoms with Crippen molar-refractivity contribution in [3.05, 3.63) is 4.77 Å². The Bertz CT molecular complexity index is 349. The lowest BCUT2D eigenvalue weighted by molar-refractivity contribution is 0.746. The summed E-state index contributed by atoms with van der Waals surface area (Å²) in [6, 6.07) is 0.689. The van der Waals surface area contributed by atoms with E-state index >= 15 is 0 Å². The maximum Gasteiger partial charge on any atom is 0.225 e. The first kappa shape index (κ1) is 8.74. The molecule has 0 aromatic carbocycles. The van der Waals surface area contributed by atoms with Crippen molar-refractivity contribution < 1.29 is 0 Å². The molecule has 1 N–H and O–H groups in total. The van der Waals surface area contributed by atoms with E-state index in [1.807, 2.05) is 11.6 Å². The van der Waals surface area contributed by atoms with Crippen LogP contribution in [0.3, 0.4) is 0 Å². The van der Waals surface area contributed by atoms with E-state index in [1.54, 1.807) is 0 Å². The smallest absolute Gasteiger partial charge is 0.225 e. The number of hydrogen-bond acceptors (Lipinski definition) is 3. The van der Waals surface area contributed by atoms with Crippen molar-refractivity contribution in [2.24, 2.45) is 7.05 Å². The Morgan fingerprint density at radius 2 is 2.38 bits per heavy atom. The van der Waals surface area contributed by atoms with Crippen molar-refractivity contribution in [3.8, 4) is 0 Å². The lowest BCUT2D eigenvalue weighted by Crippen LogP contribution is -2.27. The van der Waals surface area contributed by atoms with Crippen LogP contribution in [-0.4, -0.2) is 27.4 Å². The molecule has 0 aliphatic heterocycles. The van der Waals surface area contributed by atoms with E-state index in [2.05, 4.69) is 22.0 Å². The summed E-state index contributed by atoms with van der Waals surface area (Å²) in [7, 11) is 1.95. The van der Waals surface area contributed by atoms with Crippen molar-refractivity contribution in [3.63, 3.8) is 0 Å². The minimum atomic E-state index is 0.689. The van der Waals surface area contributed by atoms with Gasteiger partial charge in [-0.05, 0) is 32.0 Å². The van der Waals surface area contributed by atoms with Crippen molar-refractivity contribution in [2.45, 2.75) is 25.8 Å². The van der Waals surface area contributed by atoms with Gasteiger partial charge in [-0.15, -0.1) is 5.10 Å². The minimum Gasteiger partial charge on any atom is -0.338 e. The predicted octanol–water partition coefficient (Wildman–Crippen LogP) is 1.47. The van der Waals surface area contributed by atoms with Gasteiger partial charge >= 0.3 is 0 Å². The molecule has 0 radical (unpaired) electrons. The standard InChI is InChI=1S/C8H14N4S/c1-3-12(6-4-5-6)7-9-10-8(13)11(7)2/h6H,3-5H2,1-2H3,(H,10,13). The third kappa shape index (κ3) is 1.48. The number of nitrogens with one attached hydrogen (secondary N) is 1. The van der Waals surface area contributed by atoms with Crippen LogP contribution in [-0.2, 0) is 7.05 Å². The molecular weight excluding hydrogens is 184 g/mol. The van der Waals surface area contributed by atoms with Crippen LogP contribution in [0.2, 0.25) is 0 Å². The average Bonchev–Trinajstić information content (AvgIpc) is 2.89. The van der Waals surface area contributed by atoms with Crippen molar-refractivity contribution in [1.29, 1.82) is 0 Å². The summed E-state index contributed by atoms with van der Waals surface area (Å²) in [5.41, 5.74) is 0. The number of anilines is 1. The van der Waals surface area contributed by atoms with Crippen LogP contribution in [0.1, 0.15) is 19.8 Å². The van der Waals surface area contributed by atoms with Gasteiger partial charge in [-0.3, -0.25) is 4.57 Å². The van der Waals surface area contributed by atoms with Gasteiger partial charge in [-0.1, -0.05) is 0 Å². The monoisotopic (exact) mass is 198 g/mol. The quantitative estimate of drug-likeness (QED) is 0.747. The van der Waals surface area contributed by atoms with Crippen molar-refractivity contribution >= 4 is 18.2 Å². The van der Waals surface area contributed by atoms with Gasteiger partial charge in [0.15, 0.2) is 4.77 Å². The van der Waals surface area contributed by atoms with E-state index in [1.165, 1.54) is 12.8 Å². The molecule has 1 heterocycles. The second-order valence-electron chi connectivity index (χ2n) is 3.40. The van der Waals surface area contributed by atoms with Crippen LogP contribution in [0.4, 0.5) is 5.95 Å². The van der Waals surface area contributed by atoms with Gasteiger partial charge in [0.1, 0.15) is 0 Å². The lowest BCUT2D eigenvalue weighted by Gasteiger charge is -2.20. The van der Waals surface area contributed by atoms with Gasteiger partial charge < -0.3 is 4.90 Å². The van der Waals surface area contributed by atoms with E-state index in [-0.39, 0.29) is 0 Å². The lowest BCUT2D eigenvalue weighted by atomic mass is 10.5. The Balaban J connectivity index is 2.31. The van der Waals surface area contributed by atoms with E-state index in [4.69, 9.17) is 12.2 Å². The molecule has 5 heteroatoms. The highest BCUT2D eigenvalue weighted by Gasteiger charge is 2.30. The van der Waals surface area contributed by atoms with E-state index in [0.717, 1.165) is 12.5 Å². The van der Waals surface area contributed by atoms with E-state index in [9.17, 15) is 0 Å². The highest BCUT2D eigenvalue weighted by Crippen LogP contribution is 2.29. The fourth-order valence-corrected chi connectivity index (χ4v) is 1.67. The highest BCUT2D eigenvalue weighted by molar-refractivity contribution is 7.71. The third-order valence-electron chi connectivity index (χ3n) is 2.44. The van der Waals surface area contributed by atoms with Crippen molar-refractivity contribution in [1.82, 2.24) is 14.8 Å². The second-order valence-corrected chi connectivity index (χ2v) is 3.79. The van der Waals surface area contributed by atoms with Crippen LogP contribution >= 0.6 is 12.2 Å². The van der Waals surface area contributed by atoms with Gasteiger partial charge in [-0.2, -0.15) is 0 Å². The molecule has 1 aliphatic rings. The Morgan fingerprint density at radius 1 is 1.69 bits per heavy atom. The molecule has 0 spiro atoms. The first-order chi connectivity index (χ1) is 6.24. The largest absolute Gasteiger partial charge is 0.338 e. The normalized spacial score (nSPS) is 16.2. The number of aromatic amines is 1. The first-order valence-electron chi connectivity index (χ1n) is 4.62. The molecule has 13 heavy (non-hydrogen) atoms. The molecule has 0 atom stereocenters. The summed E-state index contributed by atoms with van der Waals surface area (Å²) in [5, 5.41) is 7.03. The molecule has 0 bridgehead atoms. The zero-order chi connectivity index (χ0) is 9.42. The number of aromatic nitrogens is 3. The number of hydrogen-bond donors (Lipinski definition) is 1. The number of rotatable bonds is 3. The van der Waals surface area contributed by atoms with E-state index < -0.39 is 0 Å². The van der Waals surface area contributed by atoms with Gasteiger partial charge in [0.05, 0.1) is 0 Å². The topological polar surface area (TPSA) is 36.9 Å². The van der Waals surface area contributed by atoms with E-state index in [0.29, 0.717) is 10.8 Å². The molecule has 2 rings (SSSR count). The van der Waals surface area contributed by atoms with Gasteiger partial charge in [-0.25, -0.2) is 5.10 Å². The molecule has 0 amide bonds. The Hall–Kier alpha value is -0.840. The molecule has 1 aromatic heterocycles. The summed E-state index contributed by atoms with van der Waals surface area (Å²) < 4.78 is 2.62. The average molecular weight is 198 g/mol. The predicted molar refractivity (Wildman–Crippen MR) is 54.4 cm³/mol. The number of H-pyrrole nitrogens is 1. The summed E-state index contributed by atoms with van der Waals surface area (Å²) in [5.74, 6) is 0.968. The van der Waals surface area contributed by atoms with Crippen LogP contribution in [0, 0.1) is 4.77 Å². The third-order valence-corrected chi connectivity index (χ3v) is 2.81. The Morgan fingerprint density at radius 3 is 2.77 bits per heavy atom. The van der Waals surface area contributed by atoms with Gasteiger partial charge in [0, 0.05) is 19.6 Å². The fourth-order valence-electron chi connectivity index (χ4n) is 1.54. The van der Waals surface area contributed by atoms with Crippen LogP contribution in [0.15, 0.2) is 0 Å². The molecule has 0 saturated heterocycles. The molecule has 1 saturated carbocycles. The zero-order valence-electron chi connectivity index (χ0n) is 7.95. The zero-order valence-corrected chi connectivity index (χ0v) is 8.77. The Labute approximate surface area is 82.6 Å². The summed E-state index contributed by atoms with van der Waals surface area (Å²) in [6.07, 6.45) is 2.57. The van der Waals surface area contributed by atoms with Gasteiger partial charge in [0.2, 0.25) is 5.95 Å². The molecule has 72 valence electrons. The van der Waals surface area contributed by atoms with Crippen LogP contribution in [0.5, 0.6) is 0 Å². The summed E-state index contributed by atoms with van der Waals surface area (Å²) in [4.78, 5) is 2.30. The Kier molecular flexibility index (Phi) is 2.11. The van der Waals surface area contributed by atoms with Crippen LogP contribution in [0.25, 0.3) is 0 Å². The molecule has 4 nitrogen and oxygen atoms in total. The summed E-state index contributed by atoms with van der Waals surface area (Å²) in [6.45, 7) is 3.15. The molecule has 0 unspecified atom stereocenters. The van der Waals surface area contributed by atoms with Gasteiger partial charge in [0.25, 0.3) is 0 Å².